The van der Waals surface area contributed by atoms with Crippen molar-refractivity contribution in [3.63, 3.8) is 0 Å². The number of aromatic nitrogens is 2. The molecule has 0 fully saturated rings. The monoisotopic (exact) mass is 222 g/mol. The normalized spacial score (nSPS) is 11.9. The first-order valence-electron chi connectivity index (χ1n) is 5.34. The molecule has 1 aromatic heterocycles. The molecule has 5 nitrogen and oxygen atoms in total. The minimum atomic E-state index is -0.285. The van der Waals surface area contributed by atoms with E-state index in [-0.39, 0.29) is 5.91 Å². The van der Waals surface area contributed by atoms with E-state index in [1.54, 1.807) is 6.07 Å². The van der Waals surface area contributed by atoms with Crippen LogP contribution < -0.4 is 5.43 Å². The molecule has 1 heterocycles. The van der Waals surface area contributed by atoms with Gasteiger partial charge in [0.2, 0.25) is 0 Å². The van der Waals surface area contributed by atoms with E-state index in [0.717, 1.165) is 17.8 Å². The molecular formula is C11H18N4O. The minimum absolute atomic E-state index is 0.285. The van der Waals surface area contributed by atoms with Gasteiger partial charge < -0.3 is 0 Å². The second kappa shape index (κ2) is 5.44. The average Bonchev–Trinajstić information content (AvgIpc) is 2.60. The molecule has 88 valence electrons. The van der Waals surface area contributed by atoms with Crippen molar-refractivity contribution in [3.8, 4) is 0 Å². The molecule has 0 spiro atoms. The fourth-order valence-corrected chi connectivity index (χ4v) is 1.37. The SMILES string of the molecule is C/C(CC(C)C)=N\NC(=O)c1cc(C)[nH]n1. The Kier molecular flexibility index (Phi) is 4.22. The lowest BCUT2D eigenvalue weighted by Crippen LogP contribution is -2.19. The lowest BCUT2D eigenvalue weighted by atomic mass is 10.1. The van der Waals surface area contributed by atoms with Crippen LogP contribution in [-0.2, 0) is 0 Å². The van der Waals surface area contributed by atoms with Gasteiger partial charge in [-0.3, -0.25) is 9.89 Å². The number of rotatable bonds is 4. The molecule has 0 aliphatic carbocycles. The van der Waals surface area contributed by atoms with Crippen LogP contribution in [0.3, 0.4) is 0 Å². The maximum absolute atomic E-state index is 11.5. The fraction of sp³-hybridized carbons (Fsp3) is 0.545. The van der Waals surface area contributed by atoms with Crippen molar-refractivity contribution in [1.29, 1.82) is 0 Å². The molecule has 0 aliphatic heterocycles. The van der Waals surface area contributed by atoms with Crippen molar-refractivity contribution in [2.75, 3.05) is 0 Å². The van der Waals surface area contributed by atoms with Crippen LogP contribution in [0.4, 0.5) is 0 Å². The Hall–Kier alpha value is -1.65. The number of aryl methyl sites for hydroxylation is 1. The zero-order chi connectivity index (χ0) is 12.1. The molecule has 1 amide bonds. The maximum Gasteiger partial charge on any atom is 0.291 e. The predicted octanol–water partition coefficient (Wildman–Crippen LogP) is 1.87. The number of hydrogen-bond donors (Lipinski definition) is 2. The number of hydrazone groups is 1. The Bertz CT molecular complexity index is 392. The van der Waals surface area contributed by atoms with E-state index in [4.69, 9.17) is 0 Å². The Morgan fingerprint density at radius 2 is 2.31 bits per heavy atom. The zero-order valence-corrected chi connectivity index (χ0v) is 10.2. The van der Waals surface area contributed by atoms with Gasteiger partial charge in [0.1, 0.15) is 0 Å². The van der Waals surface area contributed by atoms with Gasteiger partial charge in [0.05, 0.1) is 0 Å². The lowest BCUT2D eigenvalue weighted by Gasteiger charge is -2.03. The van der Waals surface area contributed by atoms with Crippen LogP contribution in [-0.4, -0.2) is 21.8 Å². The molecule has 1 aromatic rings. The van der Waals surface area contributed by atoms with Gasteiger partial charge in [0.15, 0.2) is 5.69 Å². The molecule has 0 bridgehead atoms. The van der Waals surface area contributed by atoms with Gasteiger partial charge in [-0.2, -0.15) is 10.2 Å². The first-order valence-corrected chi connectivity index (χ1v) is 5.34. The highest BCUT2D eigenvalue weighted by Gasteiger charge is 2.08. The smallest absolute Gasteiger partial charge is 0.282 e. The first-order chi connectivity index (χ1) is 7.49. The molecule has 2 N–H and O–H groups in total. The summed E-state index contributed by atoms with van der Waals surface area (Å²) in [5.74, 6) is 0.251. The van der Waals surface area contributed by atoms with Crippen molar-refractivity contribution in [3.05, 3.63) is 17.5 Å². The summed E-state index contributed by atoms with van der Waals surface area (Å²) < 4.78 is 0. The van der Waals surface area contributed by atoms with E-state index in [1.165, 1.54) is 0 Å². The third-order valence-corrected chi connectivity index (χ3v) is 1.99. The van der Waals surface area contributed by atoms with Crippen LogP contribution in [0.15, 0.2) is 11.2 Å². The predicted molar refractivity (Wildman–Crippen MR) is 63.4 cm³/mol. The number of aromatic amines is 1. The van der Waals surface area contributed by atoms with Crippen molar-refractivity contribution < 1.29 is 4.79 Å². The molecule has 1 rings (SSSR count). The first kappa shape index (κ1) is 12.4. The summed E-state index contributed by atoms with van der Waals surface area (Å²) in [6.45, 7) is 7.96. The summed E-state index contributed by atoms with van der Waals surface area (Å²) >= 11 is 0. The molecule has 5 heteroatoms. The van der Waals surface area contributed by atoms with Crippen molar-refractivity contribution in [2.24, 2.45) is 11.0 Å². The number of amides is 1. The Balaban J connectivity index is 2.52. The van der Waals surface area contributed by atoms with Gasteiger partial charge in [-0.1, -0.05) is 13.8 Å². The maximum atomic E-state index is 11.5. The van der Waals surface area contributed by atoms with E-state index in [0.29, 0.717) is 11.6 Å². The van der Waals surface area contributed by atoms with Gasteiger partial charge in [0, 0.05) is 11.4 Å². The van der Waals surface area contributed by atoms with Crippen molar-refractivity contribution in [1.82, 2.24) is 15.6 Å². The van der Waals surface area contributed by atoms with Gasteiger partial charge in [-0.15, -0.1) is 0 Å². The zero-order valence-electron chi connectivity index (χ0n) is 10.2. The molecule has 0 radical (unpaired) electrons. The van der Waals surface area contributed by atoms with E-state index >= 15 is 0 Å². The minimum Gasteiger partial charge on any atom is -0.282 e. The summed E-state index contributed by atoms with van der Waals surface area (Å²) in [7, 11) is 0. The third-order valence-electron chi connectivity index (χ3n) is 1.99. The molecule has 0 saturated heterocycles. The number of carbonyl (C=O) groups excluding carboxylic acids is 1. The largest absolute Gasteiger partial charge is 0.291 e. The Morgan fingerprint density at radius 1 is 1.62 bits per heavy atom. The van der Waals surface area contributed by atoms with Gasteiger partial charge in [-0.25, -0.2) is 5.43 Å². The fourth-order valence-electron chi connectivity index (χ4n) is 1.37. The van der Waals surface area contributed by atoms with Gasteiger partial charge in [0.25, 0.3) is 5.91 Å². The summed E-state index contributed by atoms with van der Waals surface area (Å²) in [6, 6.07) is 1.68. The van der Waals surface area contributed by atoms with Crippen LogP contribution in [0, 0.1) is 12.8 Å². The highest BCUT2D eigenvalue weighted by molar-refractivity contribution is 5.93. The highest BCUT2D eigenvalue weighted by Crippen LogP contribution is 2.01. The van der Waals surface area contributed by atoms with Gasteiger partial charge >= 0.3 is 0 Å². The van der Waals surface area contributed by atoms with E-state index in [9.17, 15) is 4.79 Å². The highest BCUT2D eigenvalue weighted by atomic mass is 16.2. The quantitative estimate of drug-likeness (QED) is 0.603. The summed E-state index contributed by atoms with van der Waals surface area (Å²) in [4.78, 5) is 11.5. The van der Waals surface area contributed by atoms with Gasteiger partial charge in [-0.05, 0) is 32.3 Å². The van der Waals surface area contributed by atoms with Crippen LogP contribution in [0.25, 0.3) is 0 Å². The number of carbonyl (C=O) groups is 1. The number of H-pyrrole nitrogens is 1. The van der Waals surface area contributed by atoms with E-state index in [1.807, 2.05) is 13.8 Å². The third kappa shape index (κ3) is 3.84. The topological polar surface area (TPSA) is 70.1 Å². The second-order valence-electron chi connectivity index (χ2n) is 4.32. The second-order valence-corrected chi connectivity index (χ2v) is 4.32. The van der Waals surface area contributed by atoms with Crippen molar-refractivity contribution in [2.45, 2.75) is 34.1 Å². The number of nitrogens with zero attached hydrogens (tertiary/aromatic N) is 2. The molecule has 0 unspecified atom stereocenters. The Labute approximate surface area is 95.3 Å². The van der Waals surface area contributed by atoms with E-state index in [2.05, 4.69) is 34.6 Å². The molecule has 16 heavy (non-hydrogen) atoms. The summed E-state index contributed by atoms with van der Waals surface area (Å²) in [5, 5.41) is 10.6. The molecule has 0 saturated carbocycles. The van der Waals surface area contributed by atoms with E-state index < -0.39 is 0 Å². The molecule has 0 atom stereocenters. The van der Waals surface area contributed by atoms with Crippen LogP contribution >= 0.6 is 0 Å². The number of hydrogen-bond acceptors (Lipinski definition) is 3. The molecule has 0 aliphatic rings. The Morgan fingerprint density at radius 3 is 2.81 bits per heavy atom. The average molecular weight is 222 g/mol. The summed E-state index contributed by atoms with van der Waals surface area (Å²) in [6.07, 6.45) is 0.875. The standard InChI is InChI=1S/C11H18N4O/c1-7(2)5-8(3)13-15-11(16)10-6-9(4)12-14-10/h6-7H,5H2,1-4H3,(H,12,14)(H,15,16)/b13-8+. The van der Waals surface area contributed by atoms with Crippen molar-refractivity contribution >= 4 is 11.6 Å². The lowest BCUT2D eigenvalue weighted by molar-refractivity contribution is 0.0949. The number of nitrogens with one attached hydrogen (secondary N) is 2. The molecular weight excluding hydrogens is 204 g/mol. The van der Waals surface area contributed by atoms with Crippen LogP contribution in [0.2, 0.25) is 0 Å². The molecule has 0 aromatic carbocycles. The summed E-state index contributed by atoms with van der Waals surface area (Å²) in [5.41, 5.74) is 4.61. The van der Waals surface area contributed by atoms with Crippen LogP contribution in [0.1, 0.15) is 43.4 Å². The van der Waals surface area contributed by atoms with Crippen LogP contribution in [0.5, 0.6) is 0 Å².